The van der Waals surface area contributed by atoms with Gasteiger partial charge < -0.3 is 15.8 Å². The summed E-state index contributed by atoms with van der Waals surface area (Å²) in [6, 6.07) is 1.86. The predicted molar refractivity (Wildman–Crippen MR) is 57.4 cm³/mol. The second-order valence-corrected chi connectivity index (χ2v) is 3.93. The van der Waals surface area contributed by atoms with Gasteiger partial charge in [-0.3, -0.25) is 4.79 Å². The van der Waals surface area contributed by atoms with E-state index < -0.39 is 11.6 Å². The molecule has 0 atom stereocenters. The molecule has 0 heterocycles. The Kier molecular flexibility index (Phi) is 3.12. The lowest BCUT2D eigenvalue weighted by Crippen LogP contribution is -2.30. The fraction of sp³-hybridized carbons (Fsp3) is 0.364. The first-order valence-corrected chi connectivity index (χ1v) is 5.23. The summed E-state index contributed by atoms with van der Waals surface area (Å²) in [7, 11) is 0. The van der Waals surface area contributed by atoms with E-state index >= 15 is 0 Å². The van der Waals surface area contributed by atoms with Gasteiger partial charge in [0, 0.05) is 18.2 Å². The first-order chi connectivity index (χ1) is 8.06. The maximum atomic E-state index is 13.3. The summed E-state index contributed by atoms with van der Waals surface area (Å²) in [5, 5.41) is 2.66. The van der Waals surface area contributed by atoms with E-state index in [9.17, 15) is 13.6 Å². The molecule has 6 heteroatoms. The van der Waals surface area contributed by atoms with Crippen molar-refractivity contribution in [3.8, 4) is 5.75 Å². The fourth-order valence-corrected chi connectivity index (χ4v) is 1.29. The van der Waals surface area contributed by atoms with Crippen molar-refractivity contribution >= 4 is 11.6 Å². The van der Waals surface area contributed by atoms with Crippen molar-refractivity contribution in [2.45, 2.75) is 18.9 Å². The van der Waals surface area contributed by atoms with Gasteiger partial charge in [0.25, 0.3) is 5.91 Å². The number of hydrogen-bond donors (Lipinski definition) is 2. The summed E-state index contributed by atoms with van der Waals surface area (Å²) in [5.41, 5.74) is 4.88. The van der Waals surface area contributed by atoms with E-state index in [1.165, 1.54) is 0 Å². The number of amides is 1. The Balaban J connectivity index is 1.93. The van der Waals surface area contributed by atoms with Crippen LogP contribution in [0.1, 0.15) is 12.8 Å². The molecular formula is C11H12F2N2O2. The Morgan fingerprint density at radius 1 is 1.41 bits per heavy atom. The number of benzene rings is 1. The van der Waals surface area contributed by atoms with Crippen molar-refractivity contribution in [2.75, 3.05) is 12.3 Å². The lowest BCUT2D eigenvalue weighted by atomic mass is 10.3. The summed E-state index contributed by atoms with van der Waals surface area (Å²) >= 11 is 0. The van der Waals surface area contributed by atoms with Crippen LogP contribution < -0.4 is 15.8 Å². The van der Waals surface area contributed by atoms with Crippen molar-refractivity contribution in [1.82, 2.24) is 5.32 Å². The molecule has 0 bridgehead atoms. The van der Waals surface area contributed by atoms with Crippen molar-refractivity contribution in [3.63, 3.8) is 0 Å². The van der Waals surface area contributed by atoms with E-state index in [4.69, 9.17) is 10.5 Å². The molecule has 1 amide bonds. The monoisotopic (exact) mass is 242 g/mol. The molecule has 0 spiro atoms. The van der Waals surface area contributed by atoms with Crippen LogP contribution in [0, 0.1) is 11.6 Å². The molecule has 92 valence electrons. The quantitative estimate of drug-likeness (QED) is 0.780. The van der Waals surface area contributed by atoms with E-state index in [2.05, 4.69) is 5.32 Å². The summed E-state index contributed by atoms with van der Waals surface area (Å²) in [6.45, 7) is -0.337. The summed E-state index contributed by atoms with van der Waals surface area (Å²) in [6.07, 6.45) is 1.91. The molecule has 1 aromatic carbocycles. The van der Waals surface area contributed by atoms with Gasteiger partial charge in [0.05, 0.1) is 5.69 Å². The van der Waals surface area contributed by atoms with Crippen LogP contribution in [0.25, 0.3) is 0 Å². The summed E-state index contributed by atoms with van der Waals surface area (Å²) in [4.78, 5) is 11.3. The molecule has 1 aromatic rings. The molecule has 17 heavy (non-hydrogen) atoms. The molecule has 1 aliphatic rings. The smallest absolute Gasteiger partial charge is 0.258 e. The van der Waals surface area contributed by atoms with Crippen LogP contribution in [0.3, 0.4) is 0 Å². The Morgan fingerprint density at radius 2 is 2.12 bits per heavy atom. The van der Waals surface area contributed by atoms with Crippen molar-refractivity contribution in [2.24, 2.45) is 0 Å². The Hall–Kier alpha value is -1.85. The van der Waals surface area contributed by atoms with E-state index in [1.807, 2.05) is 0 Å². The lowest BCUT2D eigenvalue weighted by molar-refractivity contribution is -0.123. The highest BCUT2D eigenvalue weighted by Gasteiger charge is 2.23. The topological polar surface area (TPSA) is 64.3 Å². The van der Waals surface area contributed by atoms with Crippen molar-refractivity contribution in [1.29, 1.82) is 0 Å². The fourth-order valence-electron chi connectivity index (χ4n) is 1.29. The van der Waals surface area contributed by atoms with Gasteiger partial charge in [-0.05, 0) is 12.8 Å². The second-order valence-electron chi connectivity index (χ2n) is 3.93. The minimum absolute atomic E-state index is 0.208. The molecule has 3 N–H and O–H groups in total. The van der Waals surface area contributed by atoms with Gasteiger partial charge in [-0.2, -0.15) is 0 Å². The number of hydrogen-bond acceptors (Lipinski definition) is 3. The van der Waals surface area contributed by atoms with E-state index in [1.54, 1.807) is 0 Å². The maximum absolute atomic E-state index is 13.3. The van der Waals surface area contributed by atoms with Gasteiger partial charge in [0.15, 0.2) is 18.2 Å². The molecule has 4 nitrogen and oxygen atoms in total. The maximum Gasteiger partial charge on any atom is 0.258 e. The molecule has 2 rings (SSSR count). The third kappa shape index (κ3) is 3.05. The SMILES string of the molecule is Nc1cc(F)c(OCC(=O)NC2CC2)cc1F. The first-order valence-electron chi connectivity index (χ1n) is 5.23. The van der Waals surface area contributed by atoms with Crippen LogP contribution in [0.15, 0.2) is 12.1 Å². The van der Waals surface area contributed by atoms with Crippen LogP contribution in [-0.4, -0.2) is 18.6 Å². The standard InChI is InChI=1S/C11H12F2N2O2/c12-7-4-10(8(13)3-9(7)14)17-5-11(16)15-6-1-2-6/h3-4,6H,1-2,5,14H2,(H,15,16). The number of nitrogen functional groups attached to an aromatic ring is 1. The number of nitrogens with two attached hydrogens (primary N) is 1. The Labute approximate surface area is 96.7 Å². The minimum atomic E-state index is -0.789. The number of anilines is 1. The van der Waals surface area contributed by atoms with Crippen LogP contribution in [-0.2, 0) is 4.79 Å². The highest BCUT2D eigenvalue weighted by molar-refractivity contribution is 5.78. The number of carbonyl (C=O) groups is 1. The zero-order valence-corrected chi connectivity index (χ0v) is 9.00. The van der Waals surface area contributed by atoms with Crippen molar-refractivity contribution in [3.05, 3.63) is 23.8 Å². The number of carbonyl (C=O) groups excluding carboxylic acids is 1. The van der Waals surface area contributed by atoms with Gasteiger partial charge >= 0.3 is 0 Å². The first kappa shape index (κ1) is 11.6. The van der Waals surface area contributed by atoms with E-state index in [0.717, 1.165) is 25.0 Å². The second kappa shape index (κ2) is 4.57. The van der Waals surface area contributed by atoms with Gasteiger partial charge in [0.2, 0.25) is 0 Å². The van der Waals surface area contributed by atoms with Gasteiger partial charge in [0.1, 0.15) is 5.82 Å². The molecule has 0 radical (unpaired) electrons. The van der Waals surface area contributed by atoms with Crippen LogP contribution >= 0.6 is 0 Å². The largest absolute Gasteiger partial charge is 0.481 e. The number of rotatable bonds is 4. The highest BCUT2D eigenvalue weighted by Crippen LogP contribution is 2.23. The molecule has 1 aliphatic carbocycles. The average molecular weight is 242 g/mol. The zero-order chi connectivity index (χ0) is 12.4. The van der Waals surface area contributed by atoms with Gasteiger partial charge in [-0.1, -0.05) is 0 Å². The van der Waals surface area contributed by atoms with Crippen molar-refractivity contribution < 1.29 is 18.3 Å². The van der Waals surface area contributed by atoms with Gasteiger partial charge in [-0.15, -0.1) is 0 Å². The third-order valence-corrected chi connectivity index (χ3v) is 2.35. The average Bonchev–Trinajstić information content (AvgIpc) is 3.05. The Morgan fingerprint density at radius 3 is 2.76 bits per heavy atom. The number of nitrogens with one attached hydrogen (secondary N) is 1. The third-order valence-electron chi connectivity index (χ3n) is 2.35. The van der Waals surface area contributed by atoms with Crippen LogP contribution in [0.4, 0.5) is 14.5 Å². The van der Waals surface area contributed by atoms with Crippen LogP contribution in [0.5, 0.6) is 5.75 Å². The normalized spacial score (nSPS) is 14.5. The summed E-state index contributed by atoms with van der Waals surface area (Å²) in [5.74, 6) is -2.22. The molecular weight excluding hydrogens is 230 g/mol. The molecule has 1 fully saturated rings. The molecule has 0 aliphatic heterocycles. The summed E-state index contributed by atoms with van der Waals surface area (Å²) < 4.78 is 31.2. The highest BCUT2D eigenvalue weighted by atomic mass is 19.1. The number of halogens is 2. The number of ether oxygens (including phenoxy) is 1. The molecule has 1 saturated carbocycles. The van der Waals surface area contributed by atoms with E-state index in [0.29, 0.717) is 0 Å². The van der Waals surface area contributed by atoms with Crippen LogP contribution in [0.2, 0.25) is 0 Å². The Bertz CT molecular complexity index is 447. The molecule has 0 unspecified atom stereocenters. The van der Waals surface area contributed by atoms with Gasteiger partial charge in [-0.25, -0.2) is 8.78 Å². The lowest BCUT2D eigenvalue weighted by Gasteiger charge is -2.08. The molecule has 0 saturated heterocycles. The predicted octanol–water partition coefficient (Wildman–Crippen LogP) is 1.20. The molecule has 0 aromatic heterocycles. The zero-order valence-electron chi connectivity index (χ0n) is 9.00. The van der Waals surface area contributed by atoms with E-state index in [-0.39, 0.29) is 30.0 Å². The minimum Gasteiger partial charge on any atom is -0.481 e.